The van der Waals surface area contributed by atoms with Gasteiger partial charge >= 0.3 is 5.97 Å². The first-order valence-electron chi connectivity index (χ1n) is 6.75. The molecule has 19 heavy (non-hydrogen) atoms. The number of methoxy groups -OCH3 is 1. The van der Waals surface area contributed by atoms with Crippen LogP contribution < -0.4 is 0 Å². The quantitative estimate of drug-likeness (QED) is 0.644. The molecule has 0 aliphatic carbocycles. The predicted octanol–water partition coefficient (Wildman–Crippen LogP) is 2.42. The first-order chi connectivity index (χ1) is 8.77. The van der Waals surface area contributed by atoms with E-state index in [-0.39, 0.29) is 17.1 Å². The zero-order valence-corrected chi connectivity index (χ0v) is 13.8. The lowest BCUT2D eigenvalue weighted by atomic mass is 10.1. The number of amides is 1. The fourth-order valence-electron chi connectivity index (χ4n) is 1.68. The molecular formula is C14H27NO3S. The van der Waals surface area contributed by atoms with Crippen LogP contribution in [0.15, 0.2) is 0 Å². The Morgan fingerprint density at radius 1 is 1.05 bits per heavy atom. The molecule has 0 saturated heterocycles. The normalized spacial score (nSPS) is 12.6. The lowest BCUT2D eigenvalue weighted by molar-refractivity contribution is -0.139. The molecule has 0 N–H and O–H groups in total. The van der Waals surface area contributed by atoms with Crippen LogP contribution in [0.5, 0.6) is 0 Å². The monoisotopic (exact) mass is 289 g/mol. The summed E-state index contributed by atoms with van der Waals surface area (Å²) in [5.41, 5.74) is 0. The van der Waals surface area contributed by atoms with Gasteiger partial charge in [-0.15, -0.1) is 11.8 Å². The predicted molar refractivity (Wildman–Crippen MR) is 80.2 cm³/mol. The van der Waals surface area contributed by atoms with E-state index in [0.717, 1.165) is 13.1 Å². The number of thioether (sulfide) groups is 1. The minimum atomic E-state index is -0.297. The van der Waals surface area contributed by atoms with Gasteiger partial charge in [0.2, 0.25) is 5.91 Å². The number of hydrogen-bond donors (Lipinski definition) is 0. The Bertz CT molecular complexity index is 282. The van der Waals surface area contributed by atoms with E-state index < -0.39 is 0 Å². The minimum Gasteiger partial charge on any atom is -0.468 e. The van der Waals surface area contributed by atoms with Crippen LogP contribution in [0.3, 0.4) is 0 Å². The van der Waals surface area contributed by atoms with E-state index in [2.05, 4.69) is 32.4 Å². The maximum absolute atomic E-state index is 12.2. The molecule has 0 fully saturated rings. The van der Waals surface area contributed by atoms with Crippen molar-refractivity contribution in [2.45, 2.75) is 39.9 Å². The first-order valence-corrected chi connectivity index (χ1v) is 7.80. The van der Waals surface area contributed by atoms with Crippen molar-refractivity contribution in [2.24, 2.45) is 11.8 Å². The molecule has 0 radical (unpaired) electrons. The summed E-state index contributed by atoms with van der Waals surface area (Å²) in [5, 5.41) is -0.297. The van der Waals surface area contributed by atoms with Gasteiger partial charge in [0, 0.05) is 13.1 Å². The van der Waals surface area contributed by atoms with Gasteiger partial charge in [0.1, 0.15) is 5.25 Å². The molecule has 0 bridgehead atoms. The number of carbonyl (C=O) groups excluding carboxylic acids is 2. The van der Waals surface area contributed by atoms with Crippen molar-refractivity contribution >= 4 is 23.6 Å². The van der Waals surface area contributed by atoms with Crippen LogP contribution in [-0.2, 0) is 14.3 Å². The second-order valence-electron chi connectivity index (χ2n) is 5.56. The van der Waals surface area contributed by atoms with E-state index in [1.807, 2.05) is 4.90 Å². The number of hydrogen-bond acceptors (Lipinski definition) is 4. The second-order valence-corrected chi connectivity index (χ2v) is 6.89. The van der Waals surface area contributed by atoms with Crippen molar-refractivity contribution in [3.05, 3.63) is 0 Å². The molecular weight excluding hydrogens is 262 g/mol. The number of ether oxygens (including phenoxy) is 1. The topological polar surface area (TPSA) is 46.6 Å². The van der Waals surface area contributed by atoms with Gasteiger partial charge in [0.05, 0.1) is 12.9 Å². The summed E-state index contributed by atoms with van der Waals surface area (Å²) in [7, 11) is 1.37. The van der Waals surface area contributed by atoms with Gasteiger partial charge in [-0.1, -0.05) is 27.7 Å². The lowest BCUT2D eigenvalue weighted by Gasteiger charge is -2.26. The van der Waals surface area contributed by atoms with Crippen LogP contribution >= 0.6 is 11.8 Å². The summed E-state index contributed by atoms with van der Waals surface area (Å²) in [6, 6.07) is 0. The molecule has 1 unspecified atom stereocenters. The molecule has 1 amide bonds. The second kappa shape index (κ2) is 9.23. The summed E-state index contributed by atoms with van der Waals surface area (Å²) in [5.74, 6) is 1.05. The summed E-state index contributed by atoms with van der Waals surface area (Å²) >= 11 is 1.33. The van der Waals surface area contributed by atoms with Gasteiger partial charge in [-0.2, -0.15) is 0 Å². The van der Waals surface area contributed by atoms with Crippen LogP contribution in [-0.4, -0.2) is 48.0 Å². The van der Waals surface area contributed by atoms with Crippen LogP contribution in [0.2, 0.25) is 0 Å². The summed E-state index contributed by atoms with van der Waals surface area (Å²) in [6.07, 6.45) is 0. The molecule has 0 aliphatic rings. The Hall–Kier alpha value is -0.710. The van der Waals surface area contributed by atoms with E-state index in [1.54, 1.807) is 6.92 Å². The Morgan fingerprint density at radius 3 is 1.89 bits per heavy atom. The highest BCUT2D eigenvalue weighted by Gasteiger charge is 2.20. The van der Waals surface area contributed by atoms with E-state index in [0.29, 0.717) is 17.6 Å². The van der Waals surface area contributed by atoms with Crippen LogP contribution in [0.1, 0.15) is 34.6 Å². The van der Waals surface area contributed by atoms with Crippen molar-refractivity contribution in [1.29, 1.82) is 0 Å². The Morgan fingerprint density at radius 2 is 1.53 bits per heavy atom. The van der Waals surface area contributed by atoms with Crippen molar-refractivity contribution in [1.82, 2.24) is 4.90 Å². The molecule has 112 valence electrons. The van der Waals surface area contributed by atoms with Gasteiger partial charge in [0.15, 0.2) is 0 Å². The molecule has 0 aromatic heterocycles. The molecule has 1 atom stereocenters. The maximum Gasteiger partial charge on any atom is 0.318 e. The number of rotatable bonds is 8. The Kier molecular flexibility index (Phi) is 8.89. The molecule has 0 spiro atoms. The fourth-order valence-corrected chi connectivity index (χ4v) is 2.49. The number of nitrogens with zero attached hydrogens (tertiary/aromatic N) is 1. The highest BCUT2D eigenvalue weighted by atomic mass is 32.2. The number of carbonyl (C=O) groups is 2. The van der Waals surface area contributed by atoms with Crippen molar-refractivity contribution in [3.63, 3.8) is 0 Å². The van der Waals surface area contributed by atoms with E-state index in [4.69, 9.17) is 0 Å². The molecule has 0 rings (SSSR count). The third-order valence-electron chi connectivity index (χ3n) is 2.51. The van der Waals surface area contributed by atoms with E-state index >= 15 is 0 Å². The average Bonchev–Trinajstić information content (AvgIpc) is 2.32. The average molecular weight is 289 g/mol. The van der Waals surface area contributed by atoms with Gasteiger partial charge in [-0.05, 0) is 18.8 Å². The van der Waals surface area contributed by atoms with Crippen LogP contribution in [0.4, 0.5) is 0 Å². The van der Waals surface area contributed by atoms with Crippen molar-refractivity contribution in [2.75, 3.05) is 26.0 Å². The third-order valence-corrected chi connectivity index (χ3v) is 3.62. The summed E-state index contributed by atoms with van der Waals surface area (Å²) < 4.78 is 4.65. The minimum absolute atomic E-state index is 0.100. The molecule has 0 heterocycles. The molecule has 0 aromatic rings. The smallest absolute Gasteiger partial charge is 0.318 e. The molecule has 0 aliphatic heterocycles. The van der Waals surface area contributed by atoms with Gasteiger partial charge < -0.3 is 9.64 Å². The third kappa shape index (κ3) is 8.14. The first kappa shape index (κ1) is 18.3. The summed E-state index contributed by atoms with van der Waals surface area (Å²) in [4.78, 5) is 25.4. The van der Waals surface area contributed by atoms with Crippen LogP contribution in [0.25, 0.3) is 0 Å². The lowest BCUT2D eigenvalue weighted by Crippen LogP contribution is -2.38. The SMILES string of the molecule is COC(=O)C(C)SCC(=O)N(CC(C)C)CC(C)C. The highest BCUT2D eigenvalue weighted by molar-refractivity contribution is 8.01. The van der Waals surface area contributed by atoms with Crippen molar-refractivity contribution < 1.29 is 14.3 Å². The molecule has 5 heteroatoms. The molecule has 0 aromatic carbocycles. The van der Waals surface area contributed by atoms with Crippen molar-refractivity contribution in [3.8, 4) is 0 Å². The maximum atomic E-state index is 12.2. The largest absolute Gasteiger partial charge is 0.468 e. The highest BCUT2D eigenvalue weighted by Crippen LogP contribution is 2.14. The Balaban J connectivity index is 4.35. The number of esters is 1. The van der Waals surface area contributed by atoms with Gasteiger partial charge in [-0.25, -0.2) is 0 Å². The summed E-state index contributed by atoms with van der Waals surface area (Å²) in [6.45, 7) is 11.7. The zero-order valence-electron chi connectivity index (χ0n) is 12.9. The van der Waals surface area contributed by atoms with Gasteiger partial charge in [-0.3, -0.25) is 9.59 Å². The van der Waals surface area contributed by atoms with Gasteiger partial charge in [0.25, 0.3) is 0 Å². The molecule has 4 nitrogen and oxygen atoms in total. The fraction of sp³-hybridized carbons (Fsp3) is 0.857. The van der Waals surface area contributed by atoms with E-state index in [1.165, 1.54) is 18.9 Å². The van der Waals surface area contributed by atoms with Crippen LogP contribution in [0, 0.1) is 11.8 Å². The molecule has 0 saturated carbocycles. The standard InChI is InChI=1S/C14H27NO3S/c1-10(2)7-15(8-11(3)4)13(16)9-19-12(5)14(17)18-6/h10-12H,7-9H2,1-6H3. The Labute approximate surface area is 121 Å². The van der Waals surface area contributed by atoms with E-state index in [9.17, 15) is 9.59 Å². The zero-order chi connectivity index (χ0) is 15.0.